The molecular weight excluding hydrogens is 228 g/mol. The summed E-state index contributed by atoms with van der Waals surface area (Å²) in [4.78, 5) is 4.18. The average Bonchev–Trinajstić information content (AvgIpc) is 2.28. The maximum Gasteiger partial charge on any atom is 0.387 e. The van der Waals surface area contributed by atoms with E-state index in [1.54, 1.807) is 25.1 Å². The molecule has 2 aromatic rings. The van der Waals surface area contributed by atoms with Crippen LogP contribution in [-0.2, 0) is 0 Å². The summed E-state index contributed by atoms with van der Waals surface area (Å²) < 4.78 is 28.9. The Hall–Kier alpha value is -1.95. The Labute approximate surface area is 96.4 Å². The van der Waals surface area contributed by atoms with Crippen LogP contribution in [0.4, 0.5) is 14.5 Å². The number of benzene rings is 1. The van der Waals surface area contributed by atoms with Crippen molar-refractivity contribution < 1.29 is 13.5 Å². The molecule has 17 heavy (non-hydrogen) atoms. The predicted octanol–water partition coefficient (Wildman–Crippen LogP) is 2.43. The van der Waals surface area contributed by atoms with Gasteiger partial charge in [-0.3, -0.25) is 5.84 Å². The van der Waals surface area contributed by atoms with Gasteiger partial charge in [0.15, 0.2) is 5.75 Å². The number of hydrogen-bond donors (Lipinski definition) is 2. The highest BCUT2D eigenvalue weighted by Crippen LogP contribution is 2.30. The lowest BCUT2D eigenvalue weighted by Gasteiger charge is -2.11. The number of pyridine rings is 1. The van der Waals surface area contributed by atoms with E-state index in [9.17, 15) is 8.78 Å². The first-order valence-electron chi connectivity index (χ1n) is 4.93. The largest absolute Gasteiger partial charge is 0.432 e. The van der Waals surface area contributed by atoms with E-state index in [1.165, 1.54) is 6.07 Å². The number of para-hydroxylation sites is 1. The number of ether oxygens (including phenoxy) is 1. The van der Waals surface area contributed by atoms with Gasteiger partial charge in [-0.1, -0.05) is 12.1 Å². The van der Waals surface area contributed by atoms with Gasteiger partial charge in [0.25, 0.3) is 0 Å². The quantitative estimate of drug-likeness (QED) is 0.638. The molecule has 1 heterocycles. The molecule has 0 aliphatic carbocycles. The highest BCUT2D eigenvalue weighted by molar-refractivity contribution is 5.94. The minimum Gasteiger partial charge on any atom is -0.432 e. The van der Waals surface area contributed by atoms with Gasteiger partial charge in [-0.15, -0.1) is 0 Å². The monoisotopic (exact) mass is 239 g/mol. The Morgan fingerprint density at radius 2 is 2.18 bits per heavy atom. The molecule has 0 atom stereocenters. The number of alkyl halides is 2. The smallest absolute Gasteiger partial charge is 0.387 e. The molecule has 1 aromatic carbocycles. The van der Waals surface area contributed by atoms with E-state index >= 15 is 0 Å². The summed E-state index contributed by atoms with van der Waals surface area (Å²) in [5.41, 5.74) is 4.15. The summed E-state index contributed by atoms with van der Waals surface area (Å²) in [5.74, 6) is 5.41. The van der Waals surface area contributed by atoms with Gasteiger partial charge in [0, 0.05) is 11.1 Å². The lowest BCUT2D eigenvalue weighted by molar-refractivity contribution is -0.0489. The molecule has 1 aromatic heterocycles. The Morgan fingerprint density at radius 1 is 1.41 bits per heavy atom. The number of aromatic nitrogens is 1. The fraction of sp³-hybridized carbons (Fsp3) is 0.182. The lowest BCUT2D eigenvalue weighted by atomic mass is 10.1. The van der Waals surface area contributed by atoms with Crippen molar-refractivity contribution >= 4 is 16.6 Å². The van der Waals surface area contributed by atoms with Gasteiger partial charge in [0.05, 0.1) is 5.69 Å². The van der Waals surface area contributed by atoms with Crippen molar-refractivity contribution in [1.82, 2.24) is 4.98 Å². The van der Waals surface area contributed by atoms with E-state index < -0.39 is 6.61 Å². The second-order valence-electron chi connectivity index (χ2n) is 3.49. The topological polar surface area (TPSA) is 60.2 Å². The molecule has 0 amide bonds. The van der Waals surface area contributed by atoms with Gasteiger partial charge in [0.2, 0.25) is 0 Å². The second-order valence-corrected chi connectivity index (χ2v) is 3.49. The molecule has 0 radical (unpaired) electrons. The van der Waals surface area contributed by atoms with Crippen LogP contribution >= 0.6 is 0 Å². The minimum atomic E-state index is -2.88. The van der Waals surface area contributed by atoms with Crippen LogP contribution in [0, 0.1) is 6.92 Å². The van der Waals surface area contributed by atoms with Crippen LogP contribution in [0.5, 0.6) is 5.75 Å². The Bertz CT molecular complexity index is 545. The zero-order valence-electron chi connectivity index (χ0n) is 9.08. The molecule has 0 spiro atoms. The molecule has 0 aliphatic rings. The number of fused-ring (bicyclic) bond motifs is 1. The normalized spacial score (nSPS) is 10.9. The molecule has 0 fully saturated rings. The van der Waals surface area contributed by atoms with Crippen molar-refractivity contribution in [2.45, 2.75) is 13.5 Å². The first-order valence-corrected chi connectivity index (χ1v) is 4.93. The number of hydrogen-bond acceptors (Lipinski definition) is 4. The van der Waals surface area contributed by atoms with Gasteiger partial charge in [-0.05, 0) is 19.1 Å². The maximum absolute atomic E-state index is 12.2. The molecule has 90 valence electrons. The number of anilines is 1. The fourth-order valence-corrected chi connectivity index (χ4v) is 1.66. The zero-order valence-corrected chi connectivity index (χ0v) is 9.08. The third-order valence-corrected chi connectivity index (χ3v) is 2.30. The van der Waals surface area contributed by atoms with Crippen LogP contribution < -0.4 is 16.0 Å². The van der Waals surface area contributed by atoms with Crippen molar-refractivity contribution in [3.63, 3.8) is 0 Å². The van der Waals surface area contributed by atoms with Crippen LogP contribution in [0.15, 0.2) is 24.3 Å². The molecule has 6 heteroatoms. The lowest BCUT2D eigenvalue weighted by Crippen LogP contribution is -2.09. The van der Waals surface area contributed by atoms with Crippen LogP contribution in [0.2, 0.25) is 0 Å². The number of aryl methyl sites for hydroxylation is 1. The molecule has 0 bridgehead atoms. The van der Waals surface area contributed by atoms with Crippen LogP contribution in [-0.4, -0.2) is 11.6 Å². The van der Waals surface area contributed by atoms with Gasteiger partial charge < -0.3 is 10.2 Å². The first-order chi connectivity index (χ1) is 8.11. The third-order valence-electron chi connectivity index (χ3n) is 2.30. The SMILES string of the molecule is Cc1cc(NN)c2cccc(OC(F)F)c2n1. The van der Waals surface area contributed by atoms with Crippen molar-refractivity contribution in [2.75, 3.05) is 5.43 Å². The number of nitrogen functional groups attached to an aromatic ring is 1. The van der Waals surface area contributed by atoms with Gasteiger partial charge in [0.1, 0.15) is 5.52 Å². The third kappa shape index (κ3) is 2.26. The summed E-state index contributed by atoms with van der Waals surface area (Å²) in [7, 11) is 0. The Balaban J connectivity index is 2.66. The number of halogens is 2. The average molecular weight is 239 g/mol. The fourth-order valence-electron chi connectivity index (χ4n) is 1.66. The molecule has 0 saturated heterocycles. The standard InChI is InChI=1S/C11H11F2N3O/c1-6-5-8(16-14)7-3-2-4-9(10(7)15-6)17-11(12)13/h2-5,11H,14H2,1H3,(H,15,16). The molecule has 0 saturated carbocycles. The minimum absolute atomic E-state index is 0.0395. The van der Waals surface area contributed by atoms with E-state index in [0.29, 0.717) is 22.3 Å². The van der Waals surface area contributed by atoms with E-state index in [0.717, 1.165) is 0 Å². The number of rotatable bonds is 3. The van der Waals surface area contributed by atoms with Gasteiger partial charge in [-0.2, -0.15) is 8.78 Å². The second kappa shape index (κ2) is 4.50. The molecular formula is C11H11F2N3O. The van der Waals surface area contributed by atoms with Crippen LogP contribution in [0.1, 0.15) is 5.69 Å². The molecule has 3 N–H and O–H groups in total. The van der Waals surface area contributed by atoms with E-state index in [1.807, 2.05) is 0 Å². The molecule has 2 rings (SSSR count). The van der Waals surface area contributed by atoms with Gasteiger partial charge >= 0.3 is 6.61 Å². The van der Waals surface area contributed by atoms with E-state index in [-0.39, 0.29) is 5.75 Å². The summed E-state index contributed by atoms with van der Waals surface area (Å²) in [6.07, 6.45) is 0. The summed E-state index contributed by atoms with van der Waals surface area (Å²) in [6, 6.07) is 6.52. The van der Waals surface area contributed by atoms with Crippen LogP contribution in [0.25, 0.3) is 10.9 Å². The van der Waals surface area contributed by atoms with Crippen LogP contribution in [0.3, 0.4) is 0 Å². The molecule has 0 unspecified atom stereocenters. The van der Waals surface area contributed by atoms with Crippen molar-refractivity contribution in [3.05, 3.63) is 30.0 Å². The van der Waals surface area contributed by atoms with E-state index in [4.69, 9.17) is 5.84 Å². The summed E-state index contributed by atoms with van der Waals surface area (Å²) in [5, 5.41) is 0.635. The van der Waals surface area contributed by atoms with Crippen molar-refractivity contribution in [1.29, 1.82) is 0 Å². The van der Waals surface area contributed by atoms with Crippen molar-refractivity contribution in [2.24, 2.45) is 5.84 Å². The number of nitrogens with one attached hydrogen (secondary N) is 1. The molecule has 4 nitrogen and oxygen atoms in total. The predicted molar refractivity (Wildman–Crippen MR) is 60.9 cm³/mol. The summed E-state index contributed by atoms with van der Waals surface area (Å²) in [6.45, 7) is -1.13. The Kier molecular flexibility index (Phi) is 3.06. The summed E-state index contributed by atoms with van der Waals surface area (Å²) >= 11 is 0. The highest BCUT2D eigenvalue weighted by Gasteiger charge is 2.11. The zero-order chi connectivity index (χ0) is 12.4. The molecule has 0 aliphatic heterocycles. The van der Waals surface area contributed by atoms with Crippen molar-refractivity contribution in [3.8, 4) is 5.75 Å². The van der Waals surface area contributed by atoms with Gasteiger partial charge in [-0.25, -0.2) is 4.98 Å². The number of nitrogens with two attached hydrogens (primary N) is 1. The van der Waals surface area contributed by atoms with E-state index in [2.05, 4.69) is 15.1 Å². The first kappa shape index (κ1) is 11.5. The highest BCUT2D eigenvalue weighted by atomic mass is 19.3. The number of hydrazine groups is 1. The maximum atomic E-state index is 12.2. The number of nitrogens with zero attached hydrogens (tertiary/aromatic N) is 1. The Morgan fingerprint density at radius 3 is 2.82 bits per heavy atom.